The van der Waals surface area contributed by atoms with Crippen molar-refractivity contribution in [2.24, 2.45) is 0 Å². The number of carbonyl (C=O) groups excluding carboxylic acids is 3. The summed E-state index contributed by atoms with van der Waals surface area (Å²) in [5, 5.41) is 5.82. The molecule has 3 amide bonds. The lowest BCUT2D eigenvalue weighted by atomic mass is 10.1. The third kappa shape index (κ3) is 6.82. The number of rotatable bonds is 5. The lowest BCUT2D eigenvalue weighted by Gasteiger charge is -2.35. The molecule has 9 heteroatoms. The van der Waals surface area contributed by atoms with Gasteiger partial charge in [-0.05, 0) is 52.3 Å². The Balaban J connectivity index is 1.85. The van der Waals surface area contributed by atoms with Crippen LogP contribution in [0.3, 0.4) is 0 Å². The number of carbonyl (C=O) groups is 3. The molecule has 0 spiro atoms. The van der Waals surface area contributed by atoms with Crippen molar-refractivity contribution in [1.29, 1.82) is 0 Å². The highest BCUT2D eigenvalue weighted by Gasteiger charge is 2.27. The second kappa shape index (κ2) is 10.2. The van der Waals surface area contributed by atoms with Gasteiger partial charge in [-0.3, -0.25) is 10.1 Å². The number of hydrogen-bond donors (Lipinski definition) is 2. The summed E-state index contributed by atoms with van der Waals surface area (Å²) < 4.78 is 10.3. The average Bonchev–Trinajstić information content (AvgIpc) is 2.67. The molecule has 1 heterocycles. The van der Waals surface area contributed by atoms with Crippen LogP contribution in [0.5, 0.6) is 0 Å². The molecule has 0 radical (unpaired) electrons. The molecule has 1 aromatic rings. The first-order valence-electron chi connectivity index (χ1n) is 10.1. The van der Waals surface area contributed by atoms with E-state index in [1.54, 1.807) is 28.9 Å². The number of nitrogens with one attached hydrogen (secondary N) is 2. The Kier molecular flexibility index (Phi) is 7.91. The number of nitrogens with zero attached hydrogens (tertiary/aromatic N) is 2. The number of amides is 3. The molecule has 2 rings (SSSR count). The normalized spacial score (nSPS) is 14.2. The maximum atomic E-state index is 12.6. The van der Waals surface area contributed by atoms with E-state index in [4.69, 9.17) is 9.47 Å². The number of piperazine rings is 1. The Hall–Kier alpha value is -2.97. The van der Waals surface area contributed by atoms with E-state index in [-0.39, 0.29) is 18.5 Å². The topological polar surface area (TPSA) is 100 Å². The van der Waals surface area contributed by atoms with Crippen LogP contribution >= 0.6 is 0 Å². The van der Waals surface area contributed by atoms with Gasteiger partial charge in [0.2, 0.25) is 5.91 Å². The second-order valence-electron chi connectivity index (χ2n) is 8.03. The van der Waals surface area contributed by atoms with E-state index in [0.29, 0.717) is 38.5 Å². The van der Waals surface area contributed by atoms with Gasteiger partial charge >= 0.3 is 12.2 Å². The molecule has 0 atom stereocenters. The number of benzene rings is 1. The predicted octanol–water partition coefficient (Wildman–Crippen LogP) is 3.05. The van der Waals surface area contributed by atoms with Gasteiger partial charge in [0.25, 0.3) is 0 Å². The maximum Gasteiger partial charge on any atom is 0.411 e. The Morgan fingerprint density at radius 1 is 1.03 bits per heavy atom. The lowest BCUT2D eigenvalue weighted by Crippen LogP contribution is -2.52. The van der Waals surface area contributed by atoms with Gasteiger partial charge in [0, 0.05) is 37.6 Å². The molecule has 2 N–H and O–H groups in total. The molecule has 166 valence electrons. The van der Waals surface area contributed by atoms with Gasteiger partial charge < -0.3 is 24.6 Å². The van der Waals surface area contributed by atoms with Crippen LogP contribution in [0.15, 0.2) is 18.2 Å². The molecule has 1 aromatic carbocycles. The molecular weight excluding hydrogens is 388 g/mol. The van der Waals surface area contributed by atoms with E-state index in [1.807, 2.05) is 33.8 Å². The van der Waals surface area contributed by atoms with Crippen molar-refractivity contribution in [1.82, 2.24) is 9.80 Å². The van der Waals surface area contributed by atoms with Crippen LogP contribution in [0, 0.1) is 6.92 Å². The highest BCUT2D eigenvalue weighted by atomic mass is 16.6. The van der Waals surface area contributed by atoms with Gasteiger partial charge in [0.15, 0.2) is 0 Å². The smallest absolute Gasteiger partial charge is 0.411 e. The van der Waals surface area contributed by atoms with Gasteiger partial charge in [-0.1, -0.05) is 6.07 Å². The van der Waals surface area contributed by atoms with Crippen molar-refractivity contribution in [3.05, 3.63) is 23.8 Å². The Labute approximate surface area is 177 Å². The summed E-state index contributed by atoms with van der Waals surface area (Å²) in [7, 11) is 0. The quantitative estimate of drug-likeness (QED) is 0.759. The first-order valence-corrected chi connectivity index (χ1v) is 10.1. The van der Waals surface area contributed by atoms with Gasteiger partial charge in [0.05, 0.1) is 13.2 Å². The summed E-state index contributed by atoms with van der Waals surface area (Å²) in [6.45, 7) is 11.3. The van der Waals surface area contributed by atoms with Gasteiger partial charge in [-0.15, -0.1) is 0 Å². The largest absolute Gasteiger partial charge is 0.450 e. The average molecular weight is 421 g/mol. The Morgan fingerprint density at radius 3 is 2.23 bits per heavy atom. The molecule has 0 unspecified atom stereocenters. The second-order valence-corrected chi connectivity index (χ2v) is 8.03. The third-order valence-corrected chi connectivity index (χ3v) is 4.56. The van der Waals surface area contributed by atoms with Crippen LogP contribution in [0.25, 0.3) is 0 Å². The molecule has 1 saturated heterocycles. The van der Waals surface area contributed by atoms with Crippen molar-refractivity contribution in [3.63, 3.8) is 0 Å². The fourth-order valence-electron chi connectivity index (χ4n) is 2.99. The van der Waals surface area contributed by atoms with Crippen LogP contribution in [0.1, 0.15) is 33.3 Å². The third-order valence-electron chi connectivity index (χ3n) is 4.56. The van der Waals surface area contributed by atoms with E-state index >= 15 is 0 Å². The molecule has 1 fully saturated rings. The van der Waals surface area contributed by atoms with Crippen LogP contribution in [0.4, 0.5) is 21.0 Å². The number of ether oxygens (including phenoxy) is 2. The molecule has 30 heavy (non-hydrogen) atoms. The predicted molar refractivity (Wildman–Crippen MR) is 115 cm³/mol. The summed E-state index contributed by atoms with van der Waals surface area (Å²) >= 11 is 0. The summed E-state index contributed by atoms with van der Waals surface area (Å²) in [6, 6.07) is 5.41. The summed E-state index contributed by atoms with van der Waals surface area (Å²) in [4.78, 5) is 39.7. The van der Waals surface area contributed by atoms with Crippen molar-refractivity contribution in [3.8, 4) is 0 Å². The summed E-state index contributed by atoms with van der Waals surface area (Å²) in [5.41, 5.74) is 1.65. The highest BCUT2D eigenvalue weighted by molar-refractivity contribution is 5.88. The molecule has 9 nitrogen and oxygen atoms in total. The zero-order valence-corrected chi connectivity index (χ0v) is 18.4. The highest BCUT2D eigenvalue weighted by Crippen LogP contribution is 2.23. The molecule has 0 bridgehead atoms. The standard InChI is InChI=1S/C21H32N4O5/c1-6-29-19(27)23-17-9-7-8-16(15(17)2)22-14-18(26)24-10-12-25(13-11-24)20(28)30-21(3,4)5/h7-9,22H,6,10-14H2,1-5H3,(H,23,27). The fourth-order valence-corrected chi connectivity index (χ4v) is 2.99. The van der Waals surface area contributed by atoms with Crippen LogP contribution in [-0.4, -0.2) is 72.8 Å². The maximum absolute atomic E-state index is 12.6. The van der Waals surface area contributed by atoms with Crippen LogP contribution in [-0.2, 0) is 14.3 Å². The number of anilines is 2. The molecule has 1 aliphatic heterocycles. The Bertz CT molecular complexity index is 767. The monoisotopic (exact) mass is 420 g/mol. The molecule has 1 aliphatic rings. The summed E-state index contributed by atoms with van der Waals surface area (Å²) in [6.07, 6.45) is -0.869. The SMILES string of the molecule is CCOC(=O)Nc1cccc(NCC(=O)N2CCN(C(=O)OC(C)(C)C)CC2)c1C. The lowest BCUT2D eigenvalue weighted by molar-refractivity contribution is -0.131. The van der Waals surface area contributed by atoms with Gasteiger partial charge in [0.1, 0.15) is 5.60 Å². The first-order chi connectivity index (χ1) is 14.1. The number of hydrogen-bond acceptors (Lipinski definition) is 6. The molecule has 0 aliphatic carbocycles. The minimum Gasteiger partial charge on any atom is -0.450 e. The minimum atomic E-state index is -0.539. The van der Waals surface area contributed by atoms with E-state index in [1.165, 1.54) is 0 Å². The van der Waals surface area contributed by atoms with Gasteiger partial charge in [-0.2, -0.15) is 0 Å². The van der Waals surface area contributed by atoms with Crippen molar-refractivity contribution in [2.75, 3.05) is 50.0 Å². The van der Waals surface area contributed by atoms with Gasteiger partial charge in [-0.25, -0.2) is 9.59 Å². The van der Waals surface area contributed by atoms with Crippen LogP contribution in [0.2, 0.25) is 0 Å². The fraction of sp³-hybridized carbons (Fsp3) is 0.571. The van der Waals surface area contributed by atoms with Crippen molar-refractivity contribution >= 4 is 29.5 Å². The zero-order valence-electron chi connectivity index (χ0n) is 18.4. The molecular formula is C21H32N4O5. The first kappa shape index (κ1) is 23.3. The van der Waals surface area contributed by atoms with Crippen LogP contribution < -0.4 is 10.6 Å². The van der Waals surface area contributed by atoms with Crippen molar-refractivity contribution < 1.29 is 23.9 Å². The van der Waals surface area contributed by atoms with E-state index in [0.717, 1.165) is 11.3 Å². The zero-order chi connectivity index (χ0) is 22.3. The molecule has 0 aromatic heterocycles. The molecule has 0 saturated carbocycles. The van der Waals surface area contributed by atoms with E-state index in [2.05, 4.69) is 10.6 Å². The van der Waals surface area contributed by atoms with Crippen molar-refractivity contribution in [2.45, 2.75) is 40.2 Å². The minimum absolute atomic E-state index is 0.0537. The Morgan fingerprint density at radius 2 is 1.63 bits per heavy atom. The van der Waals surface area contributed by atoms with E-state index in [9.17, 15) is 14.4 Å². The summed E-state index contributed by atoms with van der Waals surface area (Å²) in [5.74, 6) is -0.0537. The van der Waals surface area contributed by atoms with E-state index < -0.39 is 11.7 Å².